The van der Waals surface area contributed by atoms with Crippen LogP contribution in [0.15, 0.2) is 12.1 Å². The van der Waals surface area contributed by atoms with Crippen molar-refractivity contribution in [3.8, 4) is 5.75 Å². The van der Waals surface area contributed by atoms with Gasteiger partial charge < -0.3 is 15.6 Å². The SMILES string of the molecule is CCOc1cc(C)cc(C)c1C(N)CC(=O)O. The first kappa shape index (κ1) is 13.5. The minimum atomic E-state index is -0.903. The van der Waals surface area contributed by atoms with Gasteiger partial charge in [-0.25, -0.2) is 0 Å². The van der Waals surface area contributed by atoms with Crippen LogP contribution in [0.5, 0.6) is 5.75 Å². The molecule has 1 atom stereocenters. The lowest BCUT2D eigenvalue weighted by atomic mass is 9.96. The number of carboxylic acids is 1. The fourth-order valence-corrected chi connectivity index (χ4v) is 1.98. The lowest BCUT2D eigenvalue weighted by Gasteiger charge is -2.18. The Kier molecular flexibility index (Phi) is 4.52. The van der Waals surface area contributed by atoms with Crippen LogP contribution in [0.1, 0.15) is 36.1 Å². The average Bonchev–Trinajstić information content (AvgIpc) is 2.15. The molecule has 0 saturated carbocycles. The van der Waals surface area contributed by atoms with E-state index in [0.717, 1.165) is 16.7 Å². The summed E-state index contributed by atoms with van der Waals surface area (Å²) < 4.78 is 5.53. The Morgan fingerprint density at radius 3 is 2.65 bits per heavy atom. The molecule has 0 spiro atoms. The summed E-state index contributed by atoms with van der Waals surface area (Å²) in [6.45, 7) is 6.33. The second-order valence-corrected chi connectivity index (χ2v) is 4.13. The monoisotopic (exact) mass is 237 g/mol. The largest absolute Gasteiger partial charge is 0.494 e. The van der Waals surface area contributed by atoms with Crippen molar-refractivity contribution in [3.63, 3.8) is 0 Å². The van der Waals surface area contributed by atoms with Crippen molar-refractivity contribution in [1.29, 1.82) is 0 Å². The van der Waals surface area contributed by atoms with Crippen molar-refractivity contribution in [2.75, 3.05) is 6.61 Å². The first-order valence-corrected chi connectivity index (χ1v) is 5.67. The molecule has 0 aliphatic heterocycles. The molecular formula is C13H19NO3. The third-order valence-corrected chi connectivity index (χ3v) is 2.56. The number of rotatable bonds is 5. The molecule has 3 N–H and O–H groups in total. The van der Waals surface area contributed by atoms with Gasteiger partial charge in [-0.2, -0.15) is 0 Å². The molecule has 17 heavy (non-hydrogen) atoms. The van der Waals surface area contributed by atoms with E-state index in [-0.39, 0.29) is 6.42 Å². The summed E-state index contributed by atoms with van der Waals surface area (Å²) in [7, 11) is 0. The minimum absolute atomic E-state index is 0.0933. The highest BCUT2D eigenvalue weighted by Gasteiger charge is 2.18. The van der Waals surface area contributed by atoms with E-state index in [9.17, 15) is 4.79 Å². The molecule has 1 aromatic carbocycles. The maximum absolute atomic E-state index is 10.7. The Balaban J connectivity index is 3.14. The molecule has 4 nitrogen and oxygen atoms in total. The standard InChI is InChI=1S/C13H19NO3/c1-4-17-11-6-8(2)5-9(3)13(11)10(14)7-12(15)16/h5-6,10H,4,7,14H2,1-3H3,(H,15,16). The van der Waals surface area contributed by atoms with Crippen LogP contribution in [0, 0.1) is 13.8 Å². The predicted octanol–water partition coefficient (Wildman–Crippen LogP) is 2.18. The first-order valence-electron chi connectivity index (χ1n) is 5.67. The van der Waals surface area contributed by atoms with Gasteiger partial charge in [0, 0.05) is 11.6 Å². The summed E-state index contributed by atoms with van der Waals surface area (Å²) in [5.74, 6) is -0.210. The highest BCUT2D eigenvalue weighted by Crippen LogP contribution is 2.30. The van der Waals surface area contributed by atoms with Crippen molar-refractivity contribution in [2.45, 2.75) is 33.2 Å². The molecule has 1 unspecified atom stereocenters. The Labute approximate surface area is 101 Å². The second-order valence-electron chi connectivity index (χ2n) is 4.13. The molecular weight excluding hydrogens is 218 g/mol. The third kappa shape index (κ3) is 3.46. The number of aliphatic carboxylic acids is 1. The van der Waals surface area contributed by atoms with Crippen LogP contribution in [-0.2, 0) is 4.79 Å². The lowest BCUT2D eigenvalue weighted by molar-refractivity contribution is -0.137. The Morgan fingerprint density at radius 1 is 1.47 bits per heavy atom. The predicted molar refractivity (Wildman–Crippen MR) is 66.3 cm³/mol. The van der Waals surface area contributed by atoms with Gasteiger partial charge in [0.2, 0.25) is 0 Å². The molecule has 1 aromatic rings. The van der Waals surface area contributed by atoms with Crippen LogP contribution >= 0.6 is 0 Å². The normalized spacial score (nSPS) is 12.2. The zero-order valence-electron chi connectivity index (χ0n) is 10.5. The molecule has 0 amide bonds. The Hall–Kier alpha value is -1.55. The van der Waals surface area contributed by atoms with Crippen LogP contribution in [0.3, 0.4) is 0 Å². The number of ether oxygens (including phenoxy) is 1. The fraction of sp³-hybridized carbons (Fsp3) is 0.462. The lowest BCUT2D eigenvalue weighted by Crippen LogP contribution is -2.17. The Bertz CT molecular complexity index is 415. The van der Waals surface area contributed by atoms with Gasteiger partial charge in [0.05, 0.1) is 13.0 Å². The number of hydrogen-bond donors (Lipinski definition) is 2. The summed E-state index contributed by atoms with van der Waals surface area (Å²) in [5.41, 5.74) is 8.76. The molecule has 1 rings (SSSR count). The van der Waals surface area contributed by atoms with Crippen LogP contribution < -0.4 is 10.5 Å². The van der Waals surface area contributed by atoms with Crippen LogP contribution in [0.2, 0.25) is 0 Å². The zero-order chi connectivity index (χ0) is 13.0. The number of carbonyl (C=O) groups is 1. The van der Waals surface area contributed by atoms with Gasteiger partial charge in [0.15, 0.2) is 0 Å². The molecule has 0 radical (unpaired) electrons. The molecule has 0 aromatic heterocycles. The van der Waals surface area contributed by atoms with Crippen molar-refractivity contribution in [1.82, 2.24) is 0 Å². The molecule has 4 heteroatoms. The number of carboxylic acid groups (broad SMARTS) is 1. The number of benzene rings is 1. The summed E-state index contributed by atoms with van der Waals surface area (Å²) >= 11 is 0. The summed E-state index contributed by atoms with van der Waals surface area (Å²) in [4.78, 5) is 10.7. The van der Waals surface area contributed by atoms with Crippen LogP contribution in [0.25, 0.3) is 0 Å². The molecule has 0 aliphatic carbocycles. The summed E-state index contributed by atoms with van der Waals surface area (Å²) in [6, 6.07) is 3.35. The smallest absolute Gasteiger partial charge is 0.305 e. The molecule has 0 saturated heterocycles. The highest BCUT2D eigenvalue weighted by molar-refractivity contribution is 5.68. The van der Waals surface area contributed by atoms with Crippen LogP contribution in [-0.4, -0.2) is 17.7 Å². The van der Waals surface area contributed by atoms with Gasteiger partial charge in [-0.15, -0.1) is 0 Å². The Morgan fingerprint density at radius 2 is 2.12 bits per heavy atom. The van der Waals surface area contributed by atoms with Crippen molar-refractivity contribution >= 4 is 5.97 Å². The van der Waals surface area contributed by atoms with E-state index in [4.69, 9.17) is 15.6 Å². The van der Waals surface area contributed by atoms with Gasteiger partial charge in [-0.3, -0.25) is 4.79 Å². The van der Waals surface area contributed by atoms with Gasteiger partial charge in [-0.05, 0) is 38.0 Å². The van der Waals surface area contributed by atoms with Crippen molar-refractivity contribution in [2.24, 2.45) is 5.73 Å². The fourth-order valence-electron chi connectivity index (χ4n) is 1.98. The van der Waals surface area contributed by atoms with Gasteiger partial charge in [-0.1, -0.05) is 6.07 Å². The molecule has 0 heterocycles. The topological polar surface area (TPSA) is 72.5 Å². The van der Waals surface area contributed by atoms with Crippen molar-refractivity contribution < 1.29 is 14.6 Å². The van der Waals surface area contributed by atoms with Gasteiger partial charge in [0.25, 0.3) is 0 Å². The second kappa shape index (κ2) is 5.68. The zero-order valence-corrected chi connectivity index (χ0v) is 10.5. The van der Waals surface area contributed by atoms with E-state index in [1.165, 1.54) is 0 Å². The summed E-state index contributed by atoms with van der Waals surface area (Å²) in [6.07, 6.45) is -0.0933. The number of nitrogens with two attached hydrogens (primary N) is 1. The minimum Gasteiger partial charge on any atom is -0.494 e. The maximum atomic E-state index is 10.7. The van der Waals surface area contributed by atoms with Crippen LogP contribution in [0.4, 0.5) is 0 Å². The van der Waals surface area contributed by atoms with E-state index < -0.39 is 12.0 Å². The molecule has 0 fully saturated rings. The molecule has 0 aliphatic rings. The highest BCUT2D eigenvalue weighted by atomic mass is 16.5. The van der Waals surface area contributed by atoms with E-state index in [1.807, 2.05) is 32.9 Å². The maximum Gasteiger partial charge on any atom is 0.305 e. The quantitative estimate of drug-likeness (QED) is 0.823. The van der Waals surface area contributed by atoms with Gasteiger partial charge >= 0.3 is 5.97 Å². The molecule has 0 bridgehead atoms. The van der Waals surface area contributed by atoms with Gasteiger partial charge in [0.1, 0.15) is 5.75 Å². The summed E-state index contributed by atoms with van der Waals surface area (Å²) in [5, 5.41) is 8.79. The third-order valence-electron chi connectivity index (χ3n) is 2.56. The first-order chi connectivity index (χ1) is 7.95. The molecule has 94 valence electrons. The van der Waals surface area contributed by atoms with Crippen molar-refractivity contribution in [3.05, 3.63) is 28.8 Å². The van der Waals surface area contributed by atoms with E-state index in [1.54, 1.807) is 0 Å². The van der Waals surface area contributed by atoms with E-state index in [2.05, 4.69) is 0 Å². The average molecular weight is 237 g/mol. The number of aryl methyl sites for hydroxylation is 2. The number of hydrogen-bond acceptors (Lipinski definition) is 3. The van der Waals surface area contributed by atoms with E-state index in [0.29, 0.717) is 12.4 Å². The van der Waals surface area contributed by atoms with E-state index >= 15 is 0 Å².